The van der Waals surface area contributed by atoms with Crippen LogP contribution in [0.3, 0.4) is 0 Å². The Kier molecular flexibility index (Phi) is 5.31. The molecule has 0 spiro atoms. The highest BCUT2D eigenvalue weighted by molar-refractivity contribution is 5.73. The van der Waals surface area contributed by atoms with Crippen LogP contribution in [-0.2, 0) is 4.79 Å². The molecule has 0 atom stereocenters. The molecule has 1 heterocycles. The number of rotatable bonds is 5. The Labute approximate surface area is 126 Å². The van der Waals surface area contributed by atoms with Crippen molar-refractivity contribution in [1.82, 2.24) is 5.32 Å². The van der Waals surface area contributed by atoms with Crippen molar-refractivity contribution in [3.8, 4) is 5.75 Å². The second-order valence-corrected chi connectivity index (χ2v) is 5.53. The van der Waals surface area contributed by atoms with E-state index < -0.39 is 0 Å². The van der Waals surface area contributed by atoms with E-state index in [9.17, 15) is 4.79 Å². The van der Waals surface area contributed by atoms with Gasteiger partial charge in [-0.2, -0.15) is 0 Å². The highest BCUT2D eigenvalue weighted by atomic mass is 16.5. The summed E-state index contributed by atoms with van der Waals surface area (Å²) in [4.78, 5) is 13.4. The van der Waals surface area contributed by atoms with Crippen LogP contribution in [0.4, 0.5) is 11.4 Å². The molecule has 0 unspecified atom stereocenters. The molecule has 1 aromatic rings. The van der Waals surface area contributed by atoms with E-state index in [0.717, 1.165) is 43.8 Å². The van der Waals surface area contributed by atoms with Crippen LogP contribution in [0.1, 0.15) is 33.1 Å². The van der Waals surface area contributed by atoms with Gasteiger partial charge in [-0.3, -0.25) is 4.79 Å². The lowest BCUT2D eigenvalue weighted by Gasteiger charge is -2.34. The van der Waals surface area contributed by atoms with Gasteiger partial charge in [0.15, 0.2) is 0 Å². The van der Waals surface area contributed by atoms with Crippen LogP contribution in [0.5, 0.6) is 5.75 Å². The van der Waals surface area contributed by atoms with Gasteiger partial charge < -0.3 is 20.7 Å². The van der Waals surface area contributed by atoms with Gasteiger partial charge in [-0.15, -0.1) is 0 Å². The molecule has 1 amide bonds. The van der Waals surface area contributed by atoms with Gasteiger partial charge in [0.05, 0.1) is 12.3 Å². The number of piperidine rings is 1. The Morgan fingerprint density at radius 2 is 2.14 bits per heavy atom. The predicted molar refractivity (Wildman–Crippen MR) is 85.7 cm³/mol. The monoisotopic (exact) mass is 291 g/mol. The number of carbonyl (C=O) groups excluding carboxylic acids is 1. The van der Waals surface area contributed by atoms with Gasteiger partial charge in [0.2, 0.25) is 5.91 Å². The largest absolute Gasteiger partial charge is 0.491 e. The third-order valence-corrected chi connectivity index (χ3v) is 3.73. The van der Waals surface area contributed by atoms with Crippen LogP contribution < -0.4 is 20.7 Å². The average Bonchev–Trinajstić information content (AvgIpc) is 2.47. The highest BCUT2D eigenvalue weighted by Crippen LogP contribution is 2.29. The van der Waals surface area contributed by atoms with E-state index in [4.69, 9.17) is 10.5 Å². The van der Waals surface area contributed by atoms with Gasteiger partial charge in [-0.1, -0.05) is 6.92 Å². The van der Waals surface area contributed by atoms with E-state index in [1.54, 1.807) is 6.92 Å². The van der Waals surface area contributed by atoms with Crippen LogP contribution in [0, 0.1) is 0 Å². The number of anilines is 2. The summed E-state index contributed by atoms with van der Waals surface area (Å²) in [6.07, 6.45) is 2.90. The van der Waals surface area contributed by atoms with Crippen LogP contribution in [-0.4, -0.2) is 31.6 Å². The maximum atomic E-state index is 11.1. The fourth-order valence-corrected chi connectivity index (χ4v) is 2.63. The van der Waals surface area contributed by atoms with Crippen LogP contribution in [0.2, 0.25) is 0 Å². The van der Waals surface area contributed by atoms with Gasteiger partial charge in [0.25, 0.3) is 0 Å². The van der Waals surface area contributed by atoms with Gasteiger partial charge in [0, 0.05) is 37.8 Å². The van der Waals surface area contributed by atoms with Crippen molar-refractivity contribution in [3.63, 3.8) is 0 Å². The van der Waals surface area contributed by atoms with E-state index in [1.807, 2.05) is 18.2 Å². The number of hydrogen-bond acceptors (Lipinski definition) is 4. The summed E-state index contributed by atoms with van der Waals surface area (Å²) in [5.41, 5.74) is 7.76. The van der Waals surface area contributed by atoms with Crippen molar-refractivity contribution < 1.29 is 9.53 Å². The molecule has 3 N–H and O–H groups in total. The van der Waals surface area contributed by atoms with Crippen molar-refractivity contribution >= 4 is 17.3 Å². The molecule has 116 valence electrons. The second-order valence-electron chi connectivity index (χ2n) is 5.53. The first-order chi connectivity index (χ1) is 10.1. The third kappa shape index (κ3) is 4.28. The first-order valence-corrected chi connectivity index (χ1v) is 7.64. The Hall–Kier alpha value is -1.91. The van der Waals surface area contributed by atoms with Crippen LogP contribution >= 0.6 is 0 Å². The molecule has 1 aliphatic heterocycles. The lowest BCUT2D eigenvalue weighted by Crippen LogP contribution is -2.44. The summed E-state index contributed by atoms with van der Waals surface area (Å²) in [6.45, 7) is 6.19. The molecule has 0 radical (unpaired) electrons. The molecule has 0 saturated carbocycles. The Morgan fingerprint density at radius 3 is 2.76 bits per heavy atom. The Bertz CT molecular complexity index is 482. The number of hydrogen-bond donors (Lipinski definition) is 2. The number of benzene rings is 1. The number of nitrogens with two attached hydrogens (primary N) is 1. The van der Waals surface area contributed by atoms with Crippen LogP contribution in [0.25, 0.3) is 0 Å². The predicted octanol–water partition coefficient (Wildman–Crippen LogP) is 2.16. The normalized spacial score (nSPS) is 15.8. The molecular weight excluding hydrogens is 266 g/mol. The lowest BCUT2D eigenvalue weighted by atomic mass is 10.0. The van der Waals surface area contributed by atoms with E-state index in [-0.39, 0.29) is 5.91 Å². The topological polar surface area (TPSA) is 67.6 Å². The summed E-state index contributed by atoms with van der Waals surface area (Å²) in [6, 6.07) is 6.25. The summed E-state index contributed by atoms with van der Waals surface area (Å²) in [7, 11) is 0. The summed E-state index contributed by atoms with van der Waals surface area (Å²) in [5.74, 6) is 0.814. The molecule has 1 aromatic carbocycles. The van der Waals surface area contributed by atoms with Crippen LogP contribution in [0.15, 0.2) is 18.2 Å². The molecule has 5 heteroatoms. The molecule has 5 nitrogen and oxygen atoms in total. The van der Waals surface area contributed by atoms with Crippen molar-refractivity contribution in [3.05, 3.63) is 18.2 Å². The quantitative estimate of drug-likeness (QED) is 0.816. The second kappa shape index (κ2) is 7.20. The minimum atomic E-state index is 0.0520. The molecule has 21 heavy (non-hydrogen) atoms. The number of nitrogens with zero attached hydrogens (tertiary/aromatic N) is 1. The maximum Gasteiger partial charge on any atom is 0.217 e. The fourth-order valence-electron chi connectivity index (χ4n) is 2.63. The van der Waals surface area contributed by atoms with Crippen molar-refractivity contribution in [2.24, 2.45) is 0 Å². The number of amides is 1. The van der Waals surface area contributed by atoms with Crippen molar-refractivity contribution in [2.75, 3.05) is 30.3 Å². The van der Waals surface area contributed by atoms with E-state index in [1.165, 1.54) is 0 Å². The molecule has 0 aliphatic carbocycles. The molecule has 0 aromatic heterocycles. The molecule has 0 bridgehead atoms. The van der Waals surface area contributed by atoms with Crippen molar-refractivity contribution in [1.29, 1.82) is 0 Å². The summed E-state index contributed by atoms with van der Waals surface area (Å²) < 4.78 is 5.68. The smallest absolute Gasteiger partial charge is 0.217 e. The zero-order valence-corrected chi connectivity index (χ0v) is 12.9. The van der Waals surface area contributed by atoms with Gasteiger partial charge in [0.1, 0.15) is 5.75 Å². The first kappa shape index (κ1) is 15.5. The molecule has 1 saturated heterocycles. The zero-order chi connectivity index (χ0) is 15.2. The lowest BCUT2D eigenvalue weighted by molar-refractivity contribution is -0.119. The highest BCUT2D eigenvalue weighted by Gasteiger charge is 2.20. The minimum Gasteiger partial charge on any atom is -0.491 e. The minimum absolute atomic E-state index is 0.0520. The molecular formula is C16H25N3O2. The molecule has 1 fully saturated rings. The standard InChI is InChI=1S/C16H25N3O2/c1-3-10-21-16-11-14(4-5-15(16)17)19-8-6-13(7-9-19)18-12(2)20/h4-5,11,13H,3,6-10,17H2,1-2H3,(H,18,20). The average molecular weight is 291 g/mol. The number of nitrogens with one attached hydrogen (secondary N) is 1. The Balaban J connectivity index is 1.98. The molecule has 2 rings (SSSR count). The van der Waals surface area contributed by atoms with E-state index in [0.29, 0.717) is 18.3 Å². The first-order valence-electron chi connectivity index (χ1n) is 7.64. The number of ether oxygens (including phenoxy) is 1. The summed E-state index contributed by atoms with van der Waals surface area (Å²) >= 11 is 0. The summed E-state index contributed by atoms with van der Waals surface area (Å²) in [5, 5.41) is 2.99. The Morgan fingerprint density at radius 1 is 1.43 bits per heavy atom. The molecule has 1 aliphatic rings. The van der Waals surface area contributed by atoms with Gasteiger partial charge in [-0.25, -0.2) is 0 Å². The zero-order valence-electron chi connectivity index (χ0n) is 12.9. The SMILES string of the molecule is CCCOc1cc(N2CCC(NC(C)=O)CC2)ccc1N. The van der Waals surface area contributed by atoms with Crippen molar-refractivity contribution in [2.45, 2.75) is 39.2 Å². The van der Waals surface area contributed by atoms with E-state index >= 15 is 0 Å². The number of nitrogen functional groups attached to an aromatic ring is 1. The number of carbonyl (C=O) groups is 1. The van der Waals surface area contributed by atoms with E-state index in [2.05, 4.69) is 17.1 Å². The van der Waals surface area contributed by atoms with Gasteiger partial charge in [-0.05, 0) is 31.4 Å². The third-order valence-electron chi connectivity index (χ3n) is 3.73. The maximum absolute atomic E-state index is 11.1. The van der Waals surface area contributed by atoms with Gasteiger partial charge >= 0.3 is 0 Å². The fraction of sp³-hybridized carbons (Fsp3) is 0.562.